The second-order valence-electron chi connectivity index (χ2n) is 17.0. The van der Waals surface area contributed by atoms with Crippen molar-refractivity contribution in [2.45, 2.75) is 131 Å². The Labute approximate surface area is 280 Å². The minimum Gasteiger partial charge on any atom is -0.446 e. The first kappa shape index (κ1) is 35.7. The highest BCUT2D eigenvalue weighted by Gasteiger charge is 2.59. The smallest absolute Gasteiger partial charge is 0.407 e. The maximum absolute atomic E-state index is 13.0. The molecule has 5 rings (SSSR count). The largest absolute Gasteiger partial charge is 0.446 e. The number of nitrogens with zero attached hydrogens (tertiary/aromatic N) is 1. The van der Waals surface area contributed by atoms with Crippen LogP contribution >= 0.6 is 0 Å². The number of alkyl carbamates (subject to hydrolysis) is 1. The van der Waals surface area contributed by atoms with Crippen LogP contribution in [-0.4, -0.2) is 68.4 Å². The van der Waals surface area contributed by atoms with Gasteiger partial charge in [0.25, 0.3) is 0 Å². The molecule has 0 spiro atoms. The molecular weight excluding hydrogens is 574 g/mol. The van der Waals surface area contributed by atoms with Gasteiger partial charge in [0.2, 0.25) is 5.91 Å². The highest BCUT2D eigenvalue weighted by Crippen LogP contribution is 2.67. The van der Waals surface area contributed by atoms with Gasteiger partial charge in [-0.05, 0) is 98.2 Å². The van der Waals surface area contributed by atoms with Gasteiger partial charge in [-0.25, -0.2) is 4.79 Å². The van der Waals surface area contributed by atoms with Crippen LogP contribution in [0.15, 0.2) is 11.6 Å². The quantitative estimate of drug-likeness (QED) is 0.215. The zero-order valence-corrected chi connectivity index (χ0v) is 30.4. The number of allylic oxidation sites excluding steroid dienone is 1. The Hall–Kier alpha value is -1.60. The van der Waals surface area contributed by atoms with Gasteiger partial charge in [-0.15, -0.1) is 0 Å². The van der Waals surface area contributed by atoms with Crippen molar-refractivity contribution < 1.29 is 19.1 Å². The number of carbonyl (C=O) groups is 2. The van der Waals surface area contributed by atoms with Crippen molar-refractivity contribution in [1.29, 1.82) is 0 Å². The average molecular weight is 642 g/mol. The Morgan fingerprint density at radius 1 is 1.00 bits per heavy atom. The summed E-state index contributed by atoms with van der Waals surface area (Å²) in [5.74, 6) is 4.61. The van der Waals surface area contributed by atoms with E-state index in [0.717, 1.165) is 87.6 Å². The monoisotopic (exact) mass is 642 g/mol. The van der Waals surface area contributed by atoms with Crippen LogP contribution < -0.4 is 10.6 Å². The number of carbonyl (C=O) groups excluding carboxylic acids is 2. The molecule has 0 radical (unpaired) electrons. The van der Waals surface area contributed by atoms with Crippen molar-refractivity contribution >= 4 is 12.0 Å². The molecule has 0 aromatic carbocycles. The van der Waals surface area contributed by atoms with E-state index in [1.54, 1.807) is 5.57 Å². The Morgan fingerprint density at radius 2 is 1.76 bits per heavy atom. The first-order valence-electron chi connectivity index (χ1n) is 19.2. The minimum atomic E-state index is -0.392. The van der Waals surface area contributed by atoms with Crippen molar-refractivity contribution in [3.8, 4) is 0 Å². The lowest BCUT2D eigenvalue weighted by Gasteiger charge is -2.58. The molecule has 1 heterocycles. The van der Waals surface area contributed by atoms with Crippen LogP contribution in [0.3, 0.4) is 0 Å². The van der Waals surface area contributed by atoms with Crippen LogP contribution in [0.5, 0.6) is 0 Å². The maximum Gasteiger partial charge on any atom is 0.407 e. The van der Waals surface area contributed by atoms with Crippen LogP contribution in [-0.2, 0) is 14.3 Å². The van der Waals surface area contributed by atoms with E-state index in [1.807, 2.05) is 13.8 Å². The highest BCUT2D eigenvalue weighted by molar-refractivity contribution is 5.80. The number of hydrogen-bond acceptors (Lipinski definition) is 5. The van der Waals surface area contributed by atoms with Crippen molar-refractivity contribution in [3.63, 3.8) is 0 Å². The molecule has 4 aliphatic carbocycles. The molecule has 0 bridgehead atoms. The van der Waals surface area contributed by atoms with E-state index in [0.29, 0.717) is 12.0 Å². The number of ether oxygens (including phenoxy) is 2. The molecule has 262 valence electrons. The molecule has 2 amide bonds. The van der Waals surface area contributed by atoms with E-state index in [2.05, 4.69) is 56.2 Å². The standard InChI is InChI=1S/C39H67N3O4/c1-26(2)9-8-10-27(3)33-13-14-34-32-12-11-30-25-31(15-17-38(30,6)35(32)16-18-39(33,34)7)46-37(44)41-29(5)28(4)36(43)40-19-20-42-21-23-45-24-22-42/h11,26-29,31-35H,8-10,12-25H2,1-7H3,(H,40,43)(H,41,44)/t27-,28?,29?,31+,32+,33-,34+,35+,38+,39-/m1/s1. The molecule has 0 aromatic heterocycles. The van der Waals surface area contributed by atoms with E-state index in [1.165, 1.54) is 51.4 Å². The minimum absolute atomic E-state index is 0.0332. The third kappa shape index (κ3) is 7.82. The number of fused-ring (bicyclic) bond motifs is 5. The fraction of sp³-hybridized carbons (Fsp3) is 0.897. The third-order valence-corrected chi connectivity index (χ3v) is 13.9. The van der Waals surface area contributed by atoms with Gasteiger partial charge in [0.15, 0.2) is 0 Å². The SMILES string of the molecule is CC(C)CCC[C@@H](C)[C@H]1CC[C@H]2[C@@H]3CC=C4C[C@@H](OC(=O)NC(C)C(C)C(=O)NCCN5CCOCC5)CC[C@]4(C)[C@H]3CC[C@]12C. The second kappa shape index (κ2) is 15.3. The third-order valence-electron chi connectivity index (χ3n) is 13.9. The summed E-state index contributed by atoms with van der Waals surface area (Å²) in [5.41, 5.74) is 2.29. The van der Waals surface area contributed by atoms with Gasteiger partial charge in [-0.1, -0.05) is 72.5 Å². The van der Waals surface area contributed by atoms with E-state index < -0.39 is 6.09 Å². The van der Waals surface area contributed by atoms with Gasteiger partial charge in [-0.2, -0.15) is 0 Å². The van der Waals surface area contributed by atoms with Crippen molar-refractivity contribution in [3.05, 3.63) is 11.6 Å². The number of morpholine rings is 1. The van der Waals surface area contributed by atoms with Crippen molar-refractivity contribution in [1.82, 2.24) is 15.5 Å². The Morgan fingerprint density at radius 3 is 2.50 bits per heavy atom. The lowest BCUT2D eigenvalue weighted by Crippen LogP contribution is -2.51. The lowest BCUT2D eigenvalue weighted by molar-refractivity contribution is -0.125. The van der Waals surface area contributed by atoms with E-state index in [-0.39, 0.29) is 29.4 Å². The van der Waals surface area contributed by atoms with Gasteiger partial charge in [0.1, 0.15) is 6.10 Å². The first-order chi connectivity index (χ1) is 21.9. The van der Waals surface area contributed by atoms with Crippen molar-refractivity contribution in [2.75, 3.05) is 39.4 Å². The van der Waals surface area contributed by atoms with Gasteiger partial charge >= 0.3 is 6.09 Å². The molecule has 1 saturated heterocycles. The zero-order chi connectivity index (χ0) is 33.1. The van der Waals surface area contributed by atoms with Crippen LogP contribution in [0, 0.1) is 52.3 Å². The van der Waals surface area contributed by atoms with Crippen LogP contribution in [0.2, 0.25) is 0 Å². The molecule has 7 nitrogen and oxygen atoms in total. The first-order valence-corrected chi connectivity index (χ1v) is 19.2. The molecule has 46 heavy (non-hydrogen) atoms. The molecular formula is C39H67N3O4. The fourth-order valence-electron chi connectivity index (χ4n) is 10.8. The molecule has 7 heteroatoms. The summed E-state index contributed by atoms with van der Waals surface area (Å²) < 4.78 is 11.4. The molecule has 4 fully saturated rings. The van der Waals surface area contributed by atoms with Gasteiger partial charge in [0.05, 0.1) is 19.1 Å². The molecule has 0 aromatic rings. The number of rotatable bonds is 12. The Bertz CT molecular complexity index is 1070. The summed E-state index contributed by atoms with van der Waals surface area (Å²) in [4.78, 5) is 28.0. The van der Waals surface area contributed by atoms with Crippen molar-refractivity contribution in [2.24, 2.45) is 52.3 Å². The zero-order valence-electron chi connectivity index (χ0n) is 30.4. The van der Waals surface area contributed by atoms with Gasteiger partial charge < -0.3 is 20.1 Å². The predicted octanol–water partition coefficient (Wildman–Crippen LogP) is 7.60. The summed E-state index contributed by atoms with van der Waals surface area (Å²) in [7, 11) is 0. The summed E-state index contributed by atoms with van der Waals surface area (Å²) in [5, 5.41) is 6.00. The highest BCUT2D eigenvalue weighted by atomic mass is 16.6. The molecule has 5 aliphatic rings. The van der Waals surface area contributed by atoms with E-state index in [9.17, 15) is 9.59 Å². The maximum atomic E-state index is 13.0. The summed E-state index contributed by atoms with van der Waals surface area (Å²) >= 11 is 0. The van der Waals surface area contributed by atoms with Gasteiger partial charge in [0, 0.05) is 38.6 Å². The summed E-state index contributed by atoms with van der Waals surface area (Å²) in [6.07, 6.45) is 15.9. The fourth-order valence-corrected chi connectivity index (χ4v) is 10.8. The molecule has 2 unspecified atom stereocenters. The Kier molecular flexibility index (Phi) is 11.9. The number of nitrogens with one attached hydrogen (secondary N) is 2. The van der Waals surface area contributed by atoms with Crippen LogP contribution in [0.1, 0.15) is 119 Å². The number of amides is 2. The van der Waals surface area contributed by atoms with E-state index >= 15 is 0 Å². The predicted molar refractivity (Wildman–Crippen MR) is 185 cm³/mol. The summed E-state index contributed by atoms with van der Waals surface area (Å²) in [6, 6.07) is -0.302. The summed E-state index contributed by atoms with van der Waals surface area (Å²) in [6.45, 7) is 21.0. The molecule has 10 atom stereocenters. The van der Waals surface area contributed by atoms with Gasteiger partial charge in [-0.3, -0.25) is 9.69 Å². The van der Waals surface area contributed by atoms with Crippen LogP contribution in [0.4, 0.5) is 4.79 Å². The number of hydrogen-bond donors (Lipinski definition) is 2. The molecule has 2 N–H and O–H groups in total. The van der Waals surface area contributed by atoms with E-state index in [4.69, 9.17) is 9.47 Å². The molecule has 1 aliphatic heterocycles. The topological polar surface area (TPSA) is 79.9 Å². The van der Waals surface area contributed by atoms with Crippen LogP contribution in [0.25, 0.3) is 0 Å². The Balaban J connectivity index is 1.10. The second-order valence-corrected chi connectivity index (χ2v) is 17.0. The average Bonchev–Trinajstić information content (AvgIpc) is 3.38. The molecule has 3 saturated carbocycles. The normalized spacial score (nSPS) is 36.4. The lowest BCUT2D eigenvalue weighted by atomic mass is 9.47.